The fourth-order valence-corrected chi connectivity index (χ4v) is 4.35. The quantitative estimate of drug-likeness (QED) is 0.390. The van der Waals surface area contributed by atoms with E-state index < -0.39 is 29.7 Å². The van der Waals surface area contributed by atoms with Crippen molar-refractivity contribution in [3.63, 3.8) is 0 Å². The zero-order valence-corrected chi connectivity index (χ0v) is 21.6. The maximum absolute atomic E-state index is 13.6. The third-order valence-electron chi connectivity index (χ3n) is 5.64. The number of alkyl carbamates (subject to hydrolysis) is 1. The van der Waals surface area contributed by atoms with E-state index in [4.69, 9.17) is 4.74 Å². The van der Waals surface area contributed by atoms with Crippen LogP contribution in [0.15, 0.2) is 24.3 Å². The van der Waals surface area contributed by atoms with Gasteiger partial charge in [0, 0.05) is 18.3 Å². The van der Waals surface area contributed by atoms with Crippen LogP contribution in [-0.2, 0) is 14.3 Å². The molecule has 3 N–H and O–H groups in total. The molecule has 2 unspecified atom stereocenters. The lowest BCUT2D eigenvalue weighted by atomic mass is 9.94. The standard InChI is InChI=1S/C25H39N3O5S/c1-5-15-28(23(31)20(16-34)27-24(32)33-25(2,3)4)21(17-11-13-19(29)14-12-17)22(30)26-18-9-7-6-8-10-18/h11-14,18,20-21,29,34H,5-10,15-16H2,1-4H3,(H,26,30)(H,27,32). The van der Waals surface area contributed by atoms with E-state index in [0.717, 1.165) is 32.1 Å². The van der Waals surface area contributed by atoms with Gasteiger partial charge in [-0.3, -0.25) is 9.59 Å². The van der Waals surface area contributed by atoms with Crippen LogP contribution >= 0.6 is 12.6 Å². The Morgan fingerprint density at radius 1 is 1.15 bits per heavy atom. The van der Waals surface area contributed by atoms with Gasteiger partial charge in [0.25, 0.3) is 0 Å². The molecule has 0 heterocycles. The molecule has 8 nitrogen and oxygen atoms in total. The van der Waals surface area contributed by atoms with E-state index in [1.54, 1.807) is 32.9 Å². The van der Waals surface area contributed by atoms with E-state index >= 15 is 0 Å². The molecule has 1 saturated carbocycles. The van der Waals surface area contributed by atoms with Gasteiger partial charge in [0.1, 0.15) is 23.4 Å². The third kappa shape index (κ3) is 8.42. The summed E-state index contributed by atoms with van der Waals surface area (Å²) < 4.78 is 5.30. The second-order valence-corrected chi connectivity index (χ2v) is 10.1. The zero-order chi connectivity index (χ0) is 25.3. The highest BCUT2D eigenvalue weighted by Gasteiger charge is 2.36. The van der Waals surface area contributed by atoms with Crippen LogP contribution in [0.2, 0.25) is 0 Å². The number of carbonyl (C=O) groups is 3. The van der Waals surface area contributed by atoms with Gasteiger partial charge in [-0.1, -0.05) is 38.3 Å². The van der Waals surface area contributed by atoms with Crippen molar-refractivity contribution in [2.24, 2.45) is 0 Å². The minimum Gasteiger partial charge on any atom is -0.508 e. The SMILES string of the molecule is CCCN(C(=O)C(CS)NC(=O)OC(C)(C)C)C(C(=O)NC1CCCCC1)c1ccc(O)cc1. The number of ether oxygens (including phenoxy) is 1. The molecule has 2 atom stereocenters. The monoisotopic (exact) mass is 493 g/mol. The summed E-state index contributed by atoms with van der Waals surface area (Å²) >= 11 is 4.28. The molecule has 0 saturated heterocycles. The maximum atomic E-state index is 13.6. The highest BCUT2D eigenvalue weighted by atomic mass is 32.1. The molecule has 0 radical (unpaired) electrons. The Labute approximate surface area is 208 Å². The summed E-state index contributed by atoms with van der Waals surface area (Å²) in [5, 5.41) is 15.5. The predicted molar refractivity (Wildman–Crippen MR) is 135 cm³/mol. The minimum atomic E-state index is -0.966. The van der Waals surface area contributed by atoms with Crippen LogP contribution in [-0.4, -0.2) is 57.9 Å². The smallest absolute Gasteiger partial charge is 0.408 e. The first-order chi connectivity index (χ1) is 16.1. The molecular formula is C25H39N3O5S. The maximum Gasteiger partial charge on any atom is 0.408 e. The topological polar surface area (TPSA) is 108 Å². The zero-order valence-electron chi connectivity index (χ0n) is 20.7. The van der Waals surface area contributed by atoms with Gasteiger partial charge in [0.2, 0.25) is 11.8 Å². The molecule has 3 amide bonds. The Balaban J connectivity index is 2.33. The van der Waals surface area contributed by atoms with E-state index in [0.29, 0.717) is 18.5 Å². The summed E-state index contributed by atoms with van der Waals surface area (Å²) in [6, 6.07) is 4.49. The fraction of sp³-hybridized carbons (Fsp3) is 0.640. The third-order valence-corrected chi connectivity index (χ3v) is 6.00. The van der Waals surface area contributed by atoms with Gasteiger partial charge in [-0.25, -0.2) is 4.79 Å². The Morgan fingerprint density at radius 2 is 1.76 bits per heavy atom. The first-order valence-electron chi connectivity index (χ1n) is 12.1. The Kier molecular flexibility index (Phi) is 10.5. The van der Waals surface area contributed by atoms with E-state index in [2.05, 4.69) is 23.3 Å². The molecule has 34 heavy (non-hydrogen) atoms. The van der Waals surface area contributed by atoms with Crippen molar-refractivity contribution in [3.05, 3.63) is 29.8 Å². The Bertz CT molecular complexity index is 819. The summed E-state index contributed by atoms with van der Waals surface area (Å²) in [5.74, 6) is -0.567. The number of hydrogen-bond acceptors (Lipinski definition) is 6. The van der Waals surface area contributed by atoms with Gasteiger partial charge >= 0.3 is 6.09 Å². The minimum absolute atomic E-state index is 0.0465. The van der Waals surface area contributed by atoms with Crippen molar-refractivity contribution in [2.75, 3.05) is 12.3 Å². The van der Waals surface area contributed by atoms with Crippen LogP contribution in [0.1, 0.15) is 77.8 Å². The Morgan fingerprint density at radius 3 is 2.29 bits per heavy atom. The van der Waals surface area contributed by atoms with Crippen LogP contribution in [0.4, 0.5) is 4.79 Å². The van der Waals surface area contributed by atoms with Gasteiger partial charge in [-0.15, -0.1) is 0 Å². The van der Waals surface area contributed by atoms with E-state index in [1.165, 1.54) is 17.0 Å². The van der Waals surface area contributed by atoms with Gasteiger partial charge in [0.05, 0.1) is 0 Å². The molecule has 1 aliphatic carbocycles. The van der Waals surface area contributed by atoms with Gasteiger partial charge in [0.15, 0.2) is 0 Å². The summed E-state index contributed by atoms with van der Waals surface area (Å²) in [7, 11) is 0. The van der Waals surface area contributed by atoms with Crippen molar-refractivity contribution in [1.82, 2.24) is 15.5 Å². The molecule has 2 rings (SSSR count). The number of nitrogens with zero attached hydrogens (tertiary/aromatic N) is 1. The van der Waals surface area contributed by atoms with Crippen LogP contribution in [0.3, 0.4) is 0 Å². The molecule has 9 heteroatoms. The second kappa shape index (κ2) is 12.9. The second-order valence-electron chi connectivity index (χ2n) is 9.75. The van der Waals surface area contributed by atoms with E-state index in [9.17, 15) is 19.5 Å². The average Bonchev–Trinajstić information content (AvgIpc) is 2.77. The van der Waals surface area contributed by atoms with Crippen molar-refractivity contribution in [2.45, 2.75) is 89.9 Å². The predicted octanol–water partition coefficient (Wildman–Crippen LogP) is 3.94. The Hall–Kier alpha value is -2.42. The number of aromatic hydroxyl groups is 1. The molecule has 0 bridgehead atoms. The number of carbonyl (C=O) groups excluding carboxylic acids is 3. The van der Waals surface area contributed by atoms with Gasteiger partial charge in [-0.2, -0.15) is 12.6 Å². The van der Waals surface area contributed by atoms with Crippen LogP contribution in [0, 0.1) is 0 Å². The number of phenolic OH excluding ortho intramolecular Hbond substituents is 1. The number of rotatable bonds is 9. The number of benzene rings is 1. The lowest BCUT2D eigenvalue weighted by molar-refractivity contribution is -0.142. The molecule has 1 aromatic carbocycles. The van der Waals surface area contributed by atoms with Crippen LogP contribution in [0.5, 0.6) is 5.75 Å². The van der Waals surface area contributed by atoms with Gasteiger partial charge < -0.3 is 25.4 Å². The average molecular weight is 494 g/mol. The first-order valence-corrected chi connectivity index (χ1v) is 12.7. The lowest BCUT2D eigenvalue weighted by Gasteiger charge is -2.35. The normalized spacial score (nSPS) is 16.3. The molecule has 0 spiro atoms. The first kappa shape index (κ1) is 27.8. The number of hydrogen-bond donors (Lipinski definition) is 4. The summed E-state index contributed by atoms with van der Waals surface area (Å²) in [5.41, 5.74) is -0.130. The number of thiol groups is 1. The van der Waals surface area contributed by atoms with Crippen molar-refractivity contribution in [1.29, 1.82) is 0 Å². The molecule has 190 valence electrons. The van der Waals surface area contributed by atoms with E-state index in [1.807, 2.05) is 6.92 Å². The van der Waals surface area contributed by atoms with Gasteiger partial charge in [-0.05, 0) is 57.7 Å². The number of phenols is 1. The van der Waals surface area contributed by atoms with Crippen LogP contribution in [0.25, 0.3) is 0 Å². The summed E-state index contributed by atoms with van der Waals surface area (Å²) in [4.78, 5) is 41.0. The van der Waals surface area contributed by atoms with Crippen LogP contribution < -0.4 is 10.6 Å². The molecule has 1 aromatic rings. The highest BCUT2D eigenvalue weighted by molar-refractivity contribution is 7.80. The van der Waals surface area contributed by atoms with Crippen molar-refractivity contribution >= 4 is 30.5 Å². The molecule has 1 aliphatic rings. The lowest BCUT2D eigenvalue weighted by Crippen LogP contribution is -2.54. The summed E-state index contributed by atoms with van der Waals surface area (Å²) in [6.07, 6.45) is 5.01. The summed E-state index contributed by atoms with van der Waals surface area (Å²) in [6.45, 7) is 7.45. The van der Waals surface area contributed by atoms with E-state index in [-0.39, 0.29) is 23.5 Å². The largest absolute Gasteiger partial charge is 0.508 e. The molecular weight excluding hydrogens is 454 g/mol. The molecule has 1 fully saturated rings. The fourth-order valence-electron chi connectivity index (χ4n) is 4.10. The van der Waals surface area contributed by atoms with Crippen molar-refractivity contribution in [3.8, 4) is 5.75 Å². The number of nitrogens with one attached hydrogen (secondary N) is 2. The highest BCUT2D eigenvalue weighted by Crippen LogP contribution is 2.26. The number of amides is 3. The molecule has 0 aromatic heterocycles. The molecule has 0 aliphatic heterocycles. The van der Waals surface area contributed by atoms with Crippen molar-refractivity contribution < 1.29 is 24.2 Å².